The van der Waals surface area contributed by atoms with Crippen molar-refractivity contribution in [2.45, 2.75) is 64.0 Å². The van der Waals surface area contributed by atoms with Crippen molar-refractivity contribution in [2.24, 2.45) is 5.92 Å². The van der Waals surface area contributed by atoms with Crippen LogP contribution in [0, 0.1) is 5.92 Å². The van der Waals surface area contributed by atoms with Crippen LogP contribution in [-0.4, -0.2) is 54.1 Å². The molecule has 1 heterocycles. The Balaban J connectivity index is 1.41. The maximum absolute atomic E-state index is 12.3. The Morgan fingerprint density at radius 3 is 2.25 bits per heavy atom. The first-order chi connectivity index (χ1) is 9.74. The van der Waals surface area contributed by atoms with Gasteiger partial charge in [-0.15, -0.1) is 0 Å². The summed E-state index contributed by atoms with van der Waals surface area (Å²) in [7, 11) is 0. The third-order valence-electron chi connectivity index (χ3n) is 5.41. The molecule has 0 aromatic carbocycles. The zero-order chi connectivity index (χ0) is 13.9. The van der Waals surface area contributed by atoms with E-state index in [-0.39, 0.29) is 6.03 Å². The van der Waals surface area contributed by atoms with Crippen molar-refractivity contribution in [3.05, 3.63) is 0 Å². The number of amides is 2. The topological polar surface area (TPSA) is 35.6 Å². The lowest BCUT2D eigenvalue weighted by atomic mass is 9.96. The Kier molecular flexibility index (Phi) is 4.49. The van der Waals surface area contributed by atoms with Gasteiger partial charge < -0.3 is 10.2 Å². The molecular weight excluding hydrogens is 250 g/mol. The molecule has 0 radical (unpaired) electrons. The Bertz CT molecular complexity index is 329. The maximum Gasteiger partial charge on any atom is 0.317 e. The van der Waals surface area contributed by atoms with Crippen molar-refractivity contribution in [2.75, 3.05) is 26.2 Å². The highest BCUT2D eigenvalue weighted by Gasteiger charge is 2.34. The molecule has 4 nitrogen and oxygen atoms in total. The third-order valence-corrected chi connectivity index (χ3v) is 5.41. The van der Waals surface area contributed by atoms with Gasteiger partial charge in [-0.05, 0) is 38.5 Å². The van der Waals surface area contributed by atoms with E-state index in [0.717, 1.165) is 38.1 Å². The van der Waals surface area contributed by atoms with Crippen molar-refractivity contribution in [1.82, 2.24) is 15.1 Å². The Morgan fingerprint density at radius 2 is 1.65 bits per heavy atom. The average molecular weight is 279 g/mol. The fraction of sp³-hybridized carbons (Fsp3) is 0.938. The van der Waals surface area contributed by atoms with E-state index in [2.05, 4.69) is 17.1 Å². The SMILES string of the molecule is CC(C1CC1)N1CCN(C(=O)NC2CCCCC2)CC1. The molecule has 3 rings (SSSR count). The van der Waals surface area contributed by atoms with Crippen LogP contribution in [0.15, 0.2) is 0 Å². The Hall–Kier alpha value is -0.770. The fourth-order valence-electron chi connectivity index (χ4n) is 3.72. The van der Waals surface area contributed by atoms with Crippen LogP contribution in [-0.2, 0) is 0 Å². The molecule has 1 N–H and O–H groups in total. The molecule has 3 aliphatic rings. The van der Waals surface area contributed by atoms with Gasteiger partial charge >= 0.3 is 6.03 Å². The monoisotopic (exact) mass is 279 g/mol. The smallest absolute Gasteiger partial charge is 0.317 e. The van der Waals surface area contributed by atoms with Crippen LogP contribution in [0.3, 0.4) is 0 Å². The summed E-state index contributed by atoms with van der Waals surface area (Å²) in [5.41, 5.74) is 0. The number of urea groups is 1. The van der Waals surface area contributed by atoms with E-state index in [9.17, 15) is 4.79 Å². The molecule has 0 aromatic heterocycles. The average Bonchev–Trinajstić information content (AvgIpc) is 3.32. The molecule has 1 saturated heterocycles. The summed E-state index contributed by atoms with van der Waals surface area (Å²) in [6.07, 6.45) is 9.04. The molecule has 1 unspecified atom stereocenters. The van der Waals surface area contributed by atoms with E-state index in [0.29, 0.717) is 6.04 Å². The predicted octanol–water partition coefficient (Wildman–Crippen LogP) is 2.44. The van der Waals surface area contributed by atoms with Gasteiger partial charge in [0, 0.05) is 38.3 Å². The molecule has 20 heavy (non-hydrogen) atoms. The van der Waals surface area contributed by atoms with E-state index in [1.807, 2.05) is 4.90 Å². The van der Waals surface area contributed by atoms with E-state index in [1.54, 1.807) is 0 Å². The summed E-state index contributed by atoms with van der Waals surface area (Å²) in [5.74, 6) is 0.928. The van der Waals surface area contributed by atoms with E-state index in [4.69, 9.17) is 0 Å². The lowest BCUT2D eigenvalue weighted by Crippen LogP contribution is -2.55. The maximum atomic E-state index is 12.3. The summed E-state index contributed by atoms with van der Waals surface area (Å²) in [6, 6.07) is 1.33. The highest BCUT2D eigenvalue weighted by Crippen LogP contribution is 2.35. The zero-order valence-corrected chi connectivity index (χ0v) is 12.8. The normalized spacial score (nSPS) is 27.4. The van der Waals surface area contributed by atoms with Gasteiger partial charge in [-0.1, -0.05) is 19.3 Å². The van der Waals surface area contributed by atoms with Crippen LogP contribution in [0.1, 0.15) is 51.9 Å². The summed E-state index contributed by atoms with van der Waals surface area (Å²) in [4.78, 5) is 16.9. The molecular formula is C16H29N3O. The first kappa shape index (κ1) is 14.2. The molecule has 0 spiro atoms. The van der Waals surface area contributed by atoms with Crippen LogP contribution >= 0.6 is 0 Å². The van der Waals surface area contributed by atoms with Gasteiger partial charge in [0.15, 0.2) is 0 Å². The molecule has 1 atom stereocenters. The van der Waals surface area contributed by atoms with Crippen molar-refractivity contribution >= 4 is 6.03 Å². The number of carbonyl (C=O) groups is 1. The summed E-state index contributed by atoms with van der Waals surface area (Å²) < 4.78 is 0. The van der Waals surface area contributed by atoms with Gasteiger partial charge in [0.1, 0.15) is 0 Å². The van der Waals surface area contributed by atoms with Gasteiger partial charge in [0.05, 0.1) is 0 Å². The molecule has 114 valence electrons. The summed E-state index contributed by atoms with van der Waals surface area (Å²) in [5, 5.41) is 3.24. The number of piperazine rings is 1. The number of nitrogens with zero attached hydrogens (tertiary/aromatic N) is 2. The number of hydrogen-bond acceptors (Lipinski definition) is 2. The molecule has 2 saturated carbocycles. The third kappa shape index (κ3) is 3.46. The van der Waals surface area contributed by atoms with Crippen LogP contribution in [0.4, 0.5) is 4.79 Å². The molecule has 3 fully saturated rings. The fourth-order valence-corrected chi connectivity index (χ4v) is 3.72. The Labute approximate surface area is 122 Å². The van der Waals surface area contributed by atoms with Crippen molar-refractivity contribution in [3.63, 3.8) is 0 Å². The van der Waals surface area contributed by atoms with Gasteiger partial charge in [0.2, 0.25) is 0 Å². The molecule has 0 bridgehead atoms. The first-order valence-electron chi connectivity index (χ1n) is 8.53. The Morgan fingerprint density at radius 1 is 1.00 bits per heavy atom. The van der Waals surface area contributed by atoms with Crippen LogP contribution in [0.5, 0.6) is 0 Å². The van der Waals surface area contributed by atoms with Crippen LogP contribution in [0.2, 0.25) is 0 Å². The second-order valence-electron chi connectivity index (χ2n) is 6.89. The summed E-state index contributed by atoms with van der Waals surface area (Å²) >= 11 is 0. The van der Waals surface area contributed by atoms with E-state index in [1.165, 1.54) is 44.9 Å². The molecule has 1 aliphatic heterocycles. The van der Waals surface area contributed by atoms with Crippen LogP contribution < -0.4 is 5.32 Å². The predicted molar refractivity (Wildman–Crippen MR) is 80.7 cm³/mol. The molecule has 2 amide bonds. The lowest BCUT2D eigenvalue weighted by molar-refractivity contribution is 0.104. The molecule has 0 aromatic rings. The number of hydrogen-bond donors (Lipinski definition) is 1. The number of rotatable bonds is 3. The number of nitrogens with one attached hydrogen (secondary N) is 1. The highest BCUT2D eigenvalue weighted by atomic mass is 16.2. The minimum absolute atomic E-state index is 0.177. The minimum atomic E-state index is 0.177. The van der Waals surface area contributed by atoms with Crippen molar-refractivity contribution in [1.29, 1.82) is 0 Å². The van der Waals surface area contributed by atoms with Crippen LogP contribution in [0.25, 0.3) is 0 Å². The molecule has 4 heteroatoms. The standard InChI is InChI=1S/C16H29N3O/c1-13(14-7-8-14)18-9-11-19(12-10-18)16(20)17-15-5-3-2-4-6-15/h13-15H,2-12H2,1H3,(H,17,20). The van der Waals surface area contributed by atoms with Gasteiger partial charge in [-0.25, -0.2) is 4.79 Å². The second kappa shape index (κ2) is 6.33. The molecule has 2 aliphatic carbocycles. The quantitative estimate of drug-likeness (QED) is 0.861. The van der Waals surface area contributed by atoms with Gasteiger partial charge in [-0.2, -0.15) is 0 Å². The number of carbonyl (C=O) groups excluding carboxylic acids is 1. The van der Waals surface area contributed by atoms with E-state index >= 15 is 0 Å². The highest BCUT2D eigenvalue weighted by molar-refractivity contribution is 5.74. The van der Waals surface area contributed by atoms with Crippen molar-refractivity contribution in [3.8, 4) is 0 Å². The van der Waals surface area contributed by atoms with E-state index < -0.39 is 0 Å². The minimum Gasteiger partial charge on any atom is -0.335 e. The largest absolute Gasteiger partial charge is 0.335 e. The van der Waals surface area contributed by atoms with Gasteiger partial charge in [0.25, 0.3) is 0 Å². The first-order valence-corrected chi connectivity index (χ1v) is 8.53. The zero-order valence-electron chi connectivity index (χ0n) is 12.8. The summed E-state index contributed by atoms with van der Waals surface area (Å²) in [6.45, 7) is 6.26. The van der Waals surface area contributed by atoms with Gasteiger partial charge in [-0.3, -0.25) is 4.90 Å². The lowest BCUT2D eigenvalue weighted by Gasteiger charge is -2.39. The second-order valence-corrected chi connectivity index (χ2v) is 6.89. The van der Waals surface area contributed by atoms with Crippen molar-refractivity contribution < 1.29 is 4.79 Å².